The Labute approximate surface area is 123 Å². The van der Waals surface area contributed by atoms with Gasteiger partial charge in [-0.25, -0.2) is 0 Å². The highest BCUT2D eigenvalue weighted by Gasteiger charge is 2.24. The smallest absolute Gasteiger partial charge is 0.251 e. The van der Waals surface area contributed by atoms with E-state index in [0.717, 1.165) is 0 Å². The fraction of sp³-hybridized carbons (Fsp3) is 0.400. The number of nitrogens with zero attached hydrogens (tertiary/aromatic N) is 1. The van der Waals surface area contributed by atoms with Crippen LogP contribution in [0.4, 0.5) is 0 Å². The van der Waals surface area contributed by atoms with Crippen LogP contribution in [0.15, 0.2) is 30.3 Å². The van der Waals surface area contributed by atoms with E-state index in [9.17, 15) is 14.4 Å². The van der Waals surface area contributed by atoms with Gasteiger partial charge in [0.05, 0.1) is 0 Å². The van der Waals surface area contributed by atoms with E-state index in [4.69, 9.17) is 0 Å². The van der Waals surface area contributed by atoms with Crippen molar-refractivity contribution in [2.45, 2.75) is 19.4 Å². The maximum Gasteiger partial charge on any atom is 0.251 e. The summed E-state index contributed by atoms with van der Waals surface area (Å²) >= 11 is 0. The summed E-state index contributed by atoms with van der Waals surface area (Å²) in [5.74, 6) is -0.498. The van der Waals surface area contributed by atoms with Gasteiger partial charge in [0, 0.05) is 31.6 Å². The molecule has 6 heteroatoms. The van der Waals surface area contributed by atoms with Crippen molar-refractivity contribution in [2.24, 2.45) is 0 Å². The zero-order chi connectivity index (χ0) is 15.2. The number of rotatable bonds is 3. The quantitative estimate of drug-likeness (QED) is 0.831. The number of hydrogen-bond donors (Lipinski definition) is 2. The van der Waals surface area contributed by atoms with Crippen LogP contribution in [0.2, 0.25) is 0 Å². The molecule has 6 nitrogen and oxygen atoms in total. The molecule has 21 heavy (non-hydrogen) atoms. The topological polar surface area (TPSA) is 78.5 Å². The maximum atomic E-state index is 12.3. The molecule has 1 atom stereocenters. The zero-order valence-electron chi connectivity index (χ0n) is 12.0. The summed E-state index contributed by atoms with van der Waals surface area (Å²) < 4.78 is 0. The van der Waals surface area contributed by atoms with Crippen LogP contribution in [-0.4, -0.2) is 48.3 Å². The summed E-state index contributed by atoms with van der Waals surface area (Å²) in [5, 5.41) is 5.40. The average Bonchev–Trinajstić information content (AvgIpc) is 2.72. The van der Waals surface area contributed by atoms with Crippen LogP contribution >= 0.6 is 0 Å². The number of benzene rings is 1. The van der Waals surface area contributed by atoms with Gasteiger partial charge in [0.15, 0.2) is 0 Å². The van der Waals surface area contributed by atoms with Gasteiger partial charge in [-0.05, 0) is 19.1 Å². The van der Waals surface area contributed by atoms with E-state index in [2.05, 4.69) is 10.6 Å². The first-order valence-corrected chi connectivity index (χ1v) is 6.99. The summed E-state index contributed by atoms with van der Waals surface area (Å²) in [7, 11) is 0. The molecule has 0 aromatic heterocycles. The Balaban J connectivity index is 1.93. The van der Waals surface area contributed by atoms with Crippen LogP contribution in [0.1, 0.15) is 23.7 Å². The standard InChI is InChI=1S/C15H19N3O3/c1-11(17-14(20)12-5-3-2-4-6-12)15(21)18-9-7-13(19)16-8-10-18/h2-6,11H,7-10H2,1H3,(H,16,19)(H,17,20). The Kier molecular flexibility index (Phi) is 4.92. The molecule has 0 spiro atoms. The third-order valence-corrected chi connectivity index (χ3v) is 3.38. The first-order chi connectivity index (χ1) is 10.1. The summed E-state index contributed by atoms with van der Waals surface area (Å²) in [6.07, 6.45) is 0.297. The van der Waals surface area contributed by atoms with E-state index in [0.29, 0.717) is 31.6 Å². The molecule has 1 saturated heterocycles. The molecule has 1 aromatic rings. The molecule has 0 aliphatic carbocycles. The Bertz CT molecular complexity index is 530. The molecule has 3 amide bonds. The minimum atomic E-state index is -0.620. The summed E-state index contributed by atoms with van der Waals surface area (Å²) in [6.45, 7) is 2.96. The normalized spacial score (nSPS) is 16.6. The van der Waals surface area contributed by atoms with Crippen LogP contribution in [0.3, 0.4) is 0 Å². The molecular weight excluding hydrogens is 270 g/mol. The number of carbonyl (C=O) groups is 3. The minimum absolute atomic E-state index is 0.0497. The van der Waals surface area contributed by atoms with Crippen LogP contribution in [0, 0.1) is 0 Å². The highest BCUT2D eigenvalue weighted by Crippen LogP contribution is 2.03. The number of carbonyl (C=O) groups excluding carboxylic acids is 3. The predicted molar refractivity (Wildman–Crippen MR) is 77.6 cm³/mol. The molecule has 0 saturated carbocycles. The van der Waals surface area contributed by atoms with Gasteiger partial charge in [-0.15, -0.1) is 0 Å². The Hall–Kier alpha value is -2.37. The number of hydrogen-bond acceptors (Lipinski definition) is 3. The molecular formula is C15H19N3O3. The van der Waals surface area contributed by atoms with E-state index < -0.39 is 6.04 Å². The molecule has 2 N–H and O–H groups in total. The van der Waals surface area contributed by atoms with Crippen LogP contribution in [-0.2, 0) is 9.59 Å². The lowest BCUT2D eigenvalue weighted by molar-refractivity contribution is -0.132. The molecule has 112 valence electrons. The lowest BCUT2D eigenvalue weighted by Gasteiger charge is -2.24. The van der Waals surface area contributed by atoms with E-state index in [-0.39, 0.29) is 17.7 Å². The lowest BCUT2D eigenvalue weighted by atomic mass is 10.2. The summed E-state index contributed by atoms with van der Waals surface area (Å²) in [6, 6.07) is 8.14. The van der Waals surface area contributed by atoms with Crippen LogP contribution in [0.5, 0.6) is 0 Å². The number of nitrogens with one attached hydrogen (secondary N) is 2. The van der Waals surface area contributed by atoms with Crippen molar-refractivity contribution in [3.8, 4) is 0 Å². The van der Waals surface area contributed by atoms with Crippen molar-refractivity contribution in [3.05, 3.63) is 35.9 Å². The SMILES string of the molecule is CC(NC(=O)c1ccccc1)C(=O)N1CCNC(=O)CC1. The first-order valence-electron chi connectivity index (χ1n) is 6.99. The zero-order valence-corrected chi connectivity index (χ0v) is 12.0. The van der Waals surface area contributed by atoms with Crippen molar-refractivity contribution in [1.82, 2.24) is 15.5 Å². The fourth-order valence-corrected chi connectivity index (χ4v) is 2.19. The van der Waals surface area contributed by atoms with E-state index >= 15 is 0 Å². The van der Waals surface area contributed by atoms with Crippen LogP contribution < -0.4 is 10.6 Å². The van der Waals surface area contributed by atoms with Gasteiger partial charge in [-0.2, -0.15) is 0 Å². The number of amides is 3. The lowest BCUT2D eigenvalue weighted by Crippen LogP contribution is -2.47. The van der Waals surface area contributed by atoms with E-state index in [1.54, 1.807) is 36.1 Å². The molecule has 1 aliphatic heterocycles. The van der Waals surface area contributed by atoms with Crippen LogP contribution in [0.25, 0.3) is 0 Å². The molecule has 1 aliphatic rings. The van der Waals surface area contributed by atoms with Crippen molar-refractivity contribution in [2.75, 3.05) is 19.6 Å². The summed E-state index contributed by atoms with van der Waals surface area (Å²) in [5.41, 5.74) is 0.518. The largest absolute Gasteiger partial charge is 0.354 e. The van der Waals surface area contributed by atoms with Crippen molar-refractivity contribution < 1.29 is 14.4 Å². The molecule has 1 fully saturated rings. The Morgan fingerprint density at radius 3 is 2.67 bits per heavy atom. The van der Waals surface area contributed by atoms with Crippen molar-refractivity contribution in [3.63, 3.8) is 0 Å². The van der Waals surface area contributed by atoms with E-state index in [1.807, 2.05) is 6.07 Å². The van der Waals surface area contributed by atoms with Gasteiger partial charge in [0.25, 0.3) is 5.91 Å². The third-order valence-electron chi connectivity index (χ3n) is 3.38. The van der Waals surface area contributed by atoms with E-state index in [1.165, 1.54) is 0 Å². The first kappa shape index (κ1) is 15.0. The highest BCUT2D eigenvalue weighted by molar-refractivity contribution is 5.97. The van der Waals surface area contributed by atoms with Gasteiger partial charge in [0.1, 0.15) is 6.04 Å². The van der Waals surface area contributed by atoms with Gasteiger partial charge < -0.3 is 15.5 Å². The monoisotopic (exact) mass is 289 g/mol. The molecule has 1 heterocycles. The second-order valence-electron chi connectivity index (χ2n) is 4.99. The van der Waals surface area contributed by atoms with Gasteiger partial charge in [-0.1, -0.05) is 18.2 Å². The average molecular weight is 289 g/mol. The van der Waals surface area contributed by atoms with Gasteiger partial charge in [-0.3, -0.25) is 14.4 Å². The van der Waals surface area contributed by atoms with Gasteiger partial charge >= 0.3 is 0 Å². The molecule has 1 aromatic carbocycles. The third kappa shape index (κ3) is 4.05. The molecule has 1 unspecified atom stereocenters. The maximum absolute atomic E-state index is 12.3. The Morgan fingerprint density at radius 1 is 1.24 bits per heavy atom. The second kappa shape index (κ2) is 6.88. The molecule has 2 rings (SSSR count). The van der Waals surface area contributed by atoms with Crippen molar-refractivity contribution >= 4 is 17.7 Å². The predicted octanol–water partition coefficient (Wildman–Crippen LogP) is 0.153. The fourth-order valence-electron chi connectivity index (χ4n) is 2.19. The highest BCUT2D eigenvalue weighted by atomic mass is 16.2. The van der Waals surface area contributed by atoms with Gasteiger partial charge in [0.2, 0.25) is 11.8 Å². The van der Waals surface area contributed by atoms with Crippen molar-refractivity contribution in [1.29, 1.82) is 0 Å². The minimum Gasteiger partial charge on any atom is -0.354 e. The summed E-state index contributed by atoms with van der Waals surface area (Å²) in [4.78, 5) is 37.2. The molecule has 0 bridgehead atoms. The Morgan fingerprint density at radius 2 is 1.95 bits per heavy atom. The second-order valence-corrected chi connectivity index (χ2v) is 4.99. The molecule has 0 radical (unpaired) electrons.